The molecular formula is C24H25N9O2. The Balaban J connectivity index is 0.00000342. The van der Waals surface area contributed by atoms with Gasteiger partial charge in [0.1, 0.15) is 29.7 Å². The minimum Gasteiger partial charge on any atom is -0.492 e. The molecule has 178 valence electrons. The van der Waals surface area contributed by atoms with Crippen LogP contribution in [0, 0.1) is 11.3 Å². The van der Waals surface area contributed by atoms with Gasteiger partial charge in [0.05, 0.1) is 23.9 Å². The quantitative estimate of drug-likeness (QED) is 0.358. The number of aryl methyl sites for hydroxylation is 1. The van der Waals surface area contributed by atoms with Crippen LogP contribution in [0.1, 0.15) is 36.8 Å². The summed E-state index contributed by atoms with van der Waals surface area (Å²) >= 11 is 0. The largest absolute Gasteiger partial charge is 0.492 e. The summed E-state index contributed by atoms with van der Waals surface area (Å²) in [5, 5.41) is 19.7. The maximum atomic E-state index is 12.6. The van der Waals surface area contributed by atoms with Crippen LogP contribution in [0.5, 0.6) is 5.75 Å². The van der Waals surface area contributed by atoms with E-state index in [1.807, 2.05) is 6.07 Å². The van der Waals surface area contributed by atoms with Crippen molar-refractivity contribution in [2.75, 3.05) is 17.7 Å². The van der Waals surface area contributed by atoms with Gasteiger partial charge < -0.3 is 15.4 Å². The average Bonchev–Trinajstić information content (AvgIpc) is 3.29. The van der Waals surface area contributed by atoms with Crippen molar-refractivity contribution in [3.63, 3.8) is 0 Å². The van der Waals surface area contributed by atoms with Gasteiger partial charge in [0.2, 0.25) is 0 Å². The number of methoxy groups -OCH3 is 1. The van der Waals surface area contributed by atoms with Gasteiger partial charge in [0, 0.05) is 31.9 Å². The summed E-state index contributed by atoms with van der Waals surface area (Å²) in [5.41, 5.74) is 1.80. The molecule has 4 rings (SSSR count). The number of ether oxygens (including phenoxy) is 1. The van der Waals surface area contributed by atoms with Gasteiger partial charge in [-0.2, -0.15) is 10.4 Å². The Hall–Kier alpha value is -4.85. The van der Waals surface area contributed by atoms with E-state index in [4.69, 9.17) is 10.00 Å². The second kappa shape index (κ2) is 10.8. The lowest BCUT2D eigenvalue weighted by Gasteiger charge is -2.16. The van der Waals surface area contributed by atoms with Crippen molar-refractivity contribution < 1.29 is 9.53 Å². The Morgan fingerprint density at radius 2 is 2.00 bits per heavy atom. The summed E-state index contributed by atoms with van der Waals surface area (Å²) in [6, 6.07) is 10.5. The summed E-state index contributed by atoms with van der Waals surface area (Å²) in [6.45, 7) is 1.78. The molecule has 0 spiro atoms. The molecule has 11 heteroatoms. The summed E-state index contributed by atoms with van der Waals surface area (Å²) in [6.07, 6.45) is 4.99. The van der Waals surface area contributed by atoms with Crippen LogP contribution < -0.4 is 15.4 Å². The second-order valence-corrected chi connectivity index (χ2v) is 7.14. The molecule has 0 aliphatic carbocycles. The number of nitrogens with one attached hydrogen (secondary N) is 2. The Morgan fingerprint density at radius 3 is 2.69 bits per heavy atom. The normalized spacial score (nSPS) is 10.1. The Bertz CT molecular complexity index is 1390. The first kappa shape index (κ1) is 24.8. The molecule has 0 saturated heterocycles. The van der Waals surface area contributed by atoms with Gasteiger partial charge >= 0.3 is 0 Å². The molecule has 4 heterocycles. The van der Waals surface area contributed by atoms with Crippen molar-refractivity contribution in [2.24, 2.45) is 7.05 Å². The predicted molar refractivity (Wildman–Crippen MR) is 132 cm³/mol. The van der Waals surface area contributed by atoms with Gasteiger partial charge in [-0.25, -0.2) is 19.9 Å². The van der Waals surface area contributed by atoms with E-state index >= 15 is 0 Å². The smallest absolute Gasteiger partial charge is 0.185 e. The van der Waals surface area contributed by atoms with E-state index < -0.39 is 0 Å². The molecule has 35 heavy (non-hydrogen) atoms. The topological polar surface area (TPSA) is 144 Å². The number of carbonyl (C=O) groups excluding carboxylic acids is 1. The Labute approximate surface area is 202 Å². The molecule has 0 unspecified atom stereocenters. The first-order chi connectivity index (χ1) is 16.5. The molecule has 0 radical (unpaired) electrons. The molecule has 0 atom stereocenters. The number of hydrogen-bond acceptors (Lipinski definition) is 10. The third-order valence-electron chi connectivity index (χ3n) is 4.85. The maximum absolute atomic E-state index is 12.6. The van der Waals surface area contributed by atoms with Crippen LogP contribution in [0.3, 0.4) is 0 Å². The number of aromatic nitrogens is 6. The molecular weight excluding hydrogens is 446 g/mol. The average molecular weight is 472 g/mol. The SMILES string of the molecule is C.CCC(=O)c1cnc(Nc2cccc(C#N)n2)cc1Nc1nccc(-c2ncn(C)n2)c1OC. The van der Waals surface area contributed by atoms with Gasteiger partial charge in [-0.1, -0.05) is 20.4 Å². The Kier molecular flexibility index (Phi) is 7.68. The second-order valence-electron chi connectivity index (χ2n) is 7.14. The lowest BCUT2D eigenvalue weighted by molar-refractivity contribution is 0.0988. The number of nitrogens with zero attached hydrogens (tertiary/aromatic N) is 7. The molecule has 0 aliphatic heterocycles. The fraction of sp³-hybridized carbons (Fsp3) is 0.208. The van der Waals surface area contributed by atoms with E-state index in [0.29, 0.717) is 52.3 Å². The molecule has 0 aromatic carbocycles. The van der Waals surface area contributed by atoms with Crippen LogP contribution in [-0.2, 0) is 7.05 Å². The van der Waals surface area contributed by atoms with E-state index in [9.17, 15) is 4.79 Å². The summed E-state index contributed by atoms with van der Waals surface area (Å²) < 4.78 is 7.21. The molecule has 0 aliphatic rings. The van der Waals surface area contributed by atoms with E-state index in [1.54, 1.807) is 61.5 Å². The molecule has 11 nitrogen and oxygen atoms in total. The fourth-order valence-electron chi connectivity index (χ4n) is 3.25. The lowest BCUT2D eigenvalue weighted by atomic mass is 10.1. The van der Waals surface area contributed by atoms with Crippen LogP contribution >= 0.6 is 0 Å². The van der Waals surface area contributed by atoms with Gasteiger partial charge in [0.15, 0.2) is 23.2 Å². The van der Waals surface area contributed by atoms with Gasteiger partial charge in [0.25, 0.3) is 0 Å². The standard InChI is InChI=1S/C23H21N9O2.CH4/c1-4-18(33)16-12-26-20(30-19-7-5-6-14(11-24)28-19)10-17(16)29-23-21(34-3)15(8-9-25-23)22-27-13-32(2)31-22;/h5-10,12-13H,4H2,1-3H3,(H2,25,26,28,29,30);1H4. The van der Waals surface area contributed by atoms with Crippen LogP contribution in [0.15, 0.2) is 49.1 Å². The van der Waals surface area contributed by atoms with E-state index in [2.05, 4.69) is 35.7 Å². The van der Waals surface area contributed by atoms with Crippen LogP contribution in [-0.4, -0.2) is 42.6 Å². The Morgan fingerprint density at radius 1 is 1.17 bits per heavy atom. The summed E-state index contributed by atoms with van der Waals surface area (Å²) in [5.74, 6) is 2.09. The zero-order valence-electron chi connectivity index (χ0n) is 18.8. The number of rotatable bonds is 8. The number of hydrogen-bond donors (Lipinski definition) is 2. The third-order valence-corrected chi connectivity index (χ3v) is 4.85. The number of carbonyl (C=O) groups is 1. The minimum absolute atomic E-state index is 0. The fourth-order valence-corrected chi connectivity index (χ4v) is 3.25. The molecule has 0 bridgehead atoms. The lowest BCUT2D eigenvalue weighted by Crippen LogP contribution is -2.08. The number of ketones is 1. The van der Waals surface area contributed by atoms with Crippen molar-refractivity contribution in [3.05, 3.63) is 60.3 Å². The molecule has 4 aromatic heterocycles. The van der Waals surface area contributed by atoms with Crippen LogP contribution in [0.2, 0.25) is 0 Å². The highest BCUT2D eigenvalue weighted by molar-refractivity contribution is 6.02. The first-order valence-corrected chi connectivity index (χ1v) is 10.4. The van der Waals surface area contributed by atoms with Crippen LogP contribution in [0.4, 0.5) is 23.1 Å². The highest BCUT2D eigenvalue weighted by atomic mass is 16.5. The number of nitriles is 1. The predicted octanol–water partition coefficient (Wildman–Crippen LogP) is 4.26. The van der Waals surface area contributed by atoms with Crippen molar-refractivity contribution in [3.8, 4) is 23.2 Å². The number of Topliss-reactive ketones (excluding diaryl/α,β-unsaturated/α-hetero) is 1. The van der Waals surface area contributed by atoms with E-state index in [-0.39, 0.29) is 18.9 Å². The molecule has 2 N–H and O–H groups in total. The zero-order chi connectivity index (χ0) is 24.1. The summed E-state index contributed by atoms with van der Waals surface area (Å²) in [4.78, 5) is 29.8. The van der Waals surface area contributed by atoms with E-state index in [0.717, 1.165) is 0 Å². The van der Waals surface area contributed by atoms with Crippen molar-refractivity contribution in [1.29, 1.82) is 5.26 Å². The maximum Gasteiger partial charge on any atom is 0.185 e. The zero-order valence-corrected chi connectivity index (χ0v) is 18.8. The van der Waals surface area contributed by atoms with Crippen molar-refractivity contribution in [1.82, 2.24) is 29.7 Å². The number of pyridine rings is 3. The molecule has 0 amide bonds. The summed E-state index contributed by atoms with van der Waals surface area (Å²) in [7, 11) is 3.30. The third kappa shape index (κ3) is 5.39. The highest BCUT2D eigenvalue weighted by Gasteiger charge is 2.19. The monoisotopic (exact) mass is 471 g/mol. The molecule has 0 saturated carbocycles. The minimum atomic E-state index is -0.0901. The van der Waals surface area contributed by atoms with Gasteiger partial charge in [-0.3, -0.25) is 9.48 Å². The van der Waals surface area contributed by atoms with Crippen LogP contribution in [0.25, 0.3) is 11.4 Å². The highest BCUT2D eigenvalue weighted by Crippen LogP contribution is 2.36. The van der Waals surface area contributed by atoms with Crippen molar-refractivity contribution >= 4 is 28.9 Å². The number of anilines is 4. The van der Waals surface area contributed by atoms with Gasteiger partial charge in [-0.15, -0.1) is 0 Å². The first-order valence-electron chi connectivity index (χ1n) is 10.4. The van der Waals surface area contributed by atoms with Gasteiger partial charge in [-0.05, 0) is 18.2 Å². The van der Waals surface area contributed by atoms with Crippen molar-refractivity contribution in [2.45, 2.75) is 20.8 Å². The molecule has 0 fully saturated rings. The van der Waals surface area contributed by atoms with E-state index in [1.165, 1.54) is 13.3 Å². The molecule has 4 aromatic rings.